The van der Waals surface area contributed by atoms with Gasteiger partial charge in [-0.15, -0.1) is 0 Å². The summed E-state index contributed by atoms with van der Waals surface area (Å²) in [7, 11) is 0. The summed E-state index contributed by atoms with van der Waals surface area (Å²) in [4.78, 5) is 28.3. The van der Waals surface area contributed by atoms with E-state index in [1.165, 1.54) is 5.56 Å². The number of rotatable bonds is 10. The van der Waals surface area contributed by atoms with Gasteiger partial charge in [0.15, 0.2) is 6.61 Å². The monoisotopic (exact) mass is 582 g/mol. The number of amides is 2. The van der Waals surface area contributed by atoms with Crippen molar-refractivity contribution in [3.05, 3.63) is 62.0 Å². The molecule has 0 heterocycles. The summed E-state index contributed by atoms with van der Waals surface area (Å²) in [6, 6.07) is 10.5. The summed E-state index contributed by atoms with van der Waals surface area (Å²) in [6.45, 7) is 6.13. The first kappa shape index (κ1) is 27.8. The van der Waals surface area contributed by atoms with Crippen LogP contribution in [0.1, 0.15) is 69.9 Å². The average Bonchev–Trinajstić information content (AvgIpc) is 3.32. The molecule has 5 nitrogen and oxygen atoms in total. The molecule has 0 aliphatic heterocycles. The second kappa shape index (κ2) is 13.0. The molecule has 0 bridgehead atoms. The van der Waals surface area contributed by atoms with Gasteiger partial charge < -0.3 is 15.0 Å². The Balaban J connectivity index is 1.80. The fourth-order valence-electron chi connectivity index (χ4n) is 4.34. The zero-order valence-electron chi connectivity index (χ0n) is 20.5. The molecule has 190 valence electrons. The van der Waals surface area contributed by atoms with Crippen molar-refractivity contribution < 1.29 is 14.3 Å². The molecule has 0 radical (unpaired) electrons. The lowest BCUT2D eigenvalue weighted by Gasteiger charge is -2.31. The van der Waals surface area contributed by atoms with Gasteiger partial charge in [0.25, 0.3) is 5.91 Å². The molecule has 1 fully saturated rings. The van der Waals surface area contributed by atoms with E-state index in [-0.39, 0.29) is 31.0 Å². The summed E-state index contributed by atoms with van der Waals surface area (Å²) in [5.74, 6) is 0.533. The van der Waals surface area contributed by atoms with E-state index in [1.807, 2.05) is 25.1 Å². The highest BCUT2D eigenvalue weighted by molar-refractivity contribution is 9.10. The minimum Gasteiger partial charge on any atom is -0.483 e. The van der Waals surface area contributed by atoms with Crippen LogP contribution < -0.4 is 10.1 Å². The van der Waals surface area contributed by atoms with Crippen LogP contribution in [0.15, 0.2) is 40.9 Å². The van der Waals surface area contributed by atoms with Gasteiger partial charge in [-0.1, -0.05) is 68.9 Å². The van der Waals surface area contributed by atoms with E-state index in [2.05, 4.69) is 35.1 Å². The summed E-state index contributed by atoms with van der Waals surface area (Å²) in [5.41, 5.74) is 1.89. The van der Waals surface area contributed by atoms with E-state index in [4.69, 9.17) is 27.9 Å². The number of ether oxygens (including phenoxy) is 1. The number of carbonyl (C=O) groups excluding carboxylic acids is 2. The number of benzene rings is 2. The summed E-state index contributed by atoms with van der Waals surface area (Å²) >= 11 is 16.0. The molecule has 0 aromatic heterocycles. The number of nitrogens with zero attached hydrogens (tertiary/aromatic N) is 1. The second-order valence-corrected chi connectivity index (χ2v) is 11.0. The van der Waals surface area contributed by atoms with E-state index in [1.54, 1.807) is 23.1 Å². The zero-order valence-corrected chi connectivity index (χ0v) is 23.5. The standard InChI is InChI=1S/C27H33BrCl2N2O3/c1-4-24(27(34)31-21-7-5-6-8-21)32(15-19-9-11-20(29)14-23(19)30)26(33)16-35-25-12-10-18(17(2)3)13-22(25)28/h9-14,17,21,24H,4-8,15-16H2,1-3H3,(H,31,34)/t24-/m1/s1. The highest BCUT2D eigenvalue weighted by Crippen LogP contribution is 2.29. The molecule has 35 heavy (non-hydrogen) atoms. The highest BCUT2D eigenvalue weighted by Gasteiger charge is 2.31. The van der Waals surface area contributed by atoms with Crippen LogP contribution in [0.3, 0.4) is 0 Å². The van der Waals surface area contributed by atoms with Crippen molar-refractivity contribution in [1.29, 1.82) is 0 Å². The first-order valence-corrected chi connectivity index (χ1v) is 13.7. The summed E-state index contributed by atoms with van der Waals surface area (Å²) in [5, 5.41) is 4.11. The Hall–Kier alpha value is -1.76. The van der Waals surface area contributed by atoms with Gasteiger partial charge >= 0.3 is 0 Å². The number of carbonyl (C=O) groups is 2. The third-order valence-corrected chi connectivity index (χ3v) is 7.62. The fourth-order valence-corrected chi connectivity index (χ4v) is 5.32. The Morgan fingerprint density at radius 2 is 1.86 bits per heavy atom. The van der Waals surface area contributed by atoms with Gasteiger partial charge in [-0.25, -0.2) is 0 Å². The molecule has 1 aliphatic rings. The van der Waals surface area contributed by atoms with Crippen LogP contribution in [0.5, 0.6) is 5.75 Å². The SMILES string of the molecule is CC[C@H](C(=O)NC1CCCC1)N(Cc1ccc(Cl)cc1Cl)C(=O)COc1ccc(C(C)C)cc1Br. The normalized spacial score (nSPS) is 14.7. The Morgan fingerprint density at radius 3 is 2.46 bits per heavy atom. The molecule has 3 rings (SSSR count). The van der Waals surface area contributed by atoms with Gasteiger partial charge in [0.05, 0.1) is 4.47 Å². The maximum absolute atomic E-state index is 13.5. The lowest BCUT2D eigenvalue weighted by atomic mass is 10.0. The number of halogens is 3. The highest BCUT2D eigenvalue weighted by atomic mass is 79.9. The number of hydrogen-bond acceptors (Lipinski definition) is 3. The maximum atomic E-state index is 13.5. The van der Waals surface area contributed by atoms with E-state index >= 15 is 0 Å². The summed E-state index contributed by atoms with van der Waals surface area (Å²) < 4.78 is 6.67. The van der Waals surface area contributed by atoms with Crippen molar-refractivity contribution in [3.8, 4) is 5.75 Å². The second-order valence-electron chi connectivity index (χ2n) is 9.30. The molecule has 1 aliphatic carbocycles. The van der Waals surface area contributed by atoms with E-state index in [0.717, 1.165) is 35.7 Å². The van der Waals surface area contributed by atoms with Crippen LogP contribution >= 0.6 is 39.1 Å². The molecule has 2 amide bonds. The number of hydrogen-bond donors (Lipinski definition) is 1. The predicted octanol–water partition coefficient (Wildman–Crippen LogP) is 7.12. The summed E-state index contributed by atoms with van der Waals surface area (Å²) in [6.07, 6.45) is 4.65. The van der Waals surface area contributed by atoms with Crippen molar-refractivity contribution in [1.82, 2.24) is 10.2 Å². The van der Waals surface area contributed by atoms with Crippen molar-refractivity contribution >= 4 is 50.9 Å². The molecule has 0 saturated heterocycles. The van der Waals surface area contributed by atoms with Crippen LogP contribution in [0.4, 0.5) is 0 Å². The van der Waals surface area contributed by atoms with Crippen LogP contribution in [0.2, 0.25) is 10.0 Å². The van der Waals surface area contributed by atoms with Gasteiger partial charge in [-0.05, 0) is 76.5 Å². The zero-order chi connectivity index (χ0) is 25.5. The third-order valence-electron chi connectivity index (χ3n) is 6.42. The quantitative estimate of drug-likeness (QED) is 0.324. The van der Waals surface area contributed by atoms with Gasteiger partial charge in [0.1, 0.15) is 11.8 Å². The fraction of sp³-hybridized carbons (Fsp3) is 0.481. The first-order chi connectivity index (χ1) is 16.7. The first-order valence-electron chi connectivity index (χ1n) is 12.2. The molecule has 2 aromatic rings. The van der Waals surface area contributed by atoms with Crippen LogP contribution in [0, 0.1) is 0 Å². The van der Waals surface area contributed by atoms with Gasteiger partial charge in [0.2, 0.25) is 5.91 Å². The minimum absolute atomic E-state index is 0.139. The van der Waals surface area contributed by atoms with Gasteiger partial charge in [-0.3, -0.25) is 9.59 Å². The smallest absolute Gasteiger partial charge is 0.261 e. The van der Waals surface area contributed by atoms with Crippen LogP contribution in [-0.2, 0) is 16.1 Å². The van der Waals surface area contributed by atoms with Crippen LogP contribution in [-0.4, -0.2) is 35.4 Å². The molecular formula is C27H33BrCl2N2O3. The largest absolute Gasteiger partial charge is 0.483 e. The predicted molar refractivity (Wildman–Crippen MR) is 145 cm³/mol. The molecule has 2 aromatic carbocycles. The molecule has 0 unspecified atom stereocenters. The lowest BCUT2D eigenvalue weighted by molar-refractivity contribution is -0.143. The van der Waals surface area contributed by atoms with E-state index < -0.39 is 6.04 Å². The van der Waals surface area contributed by atoms with E-state index in [0.29, 0.717) is 28.1 Å². The lowest BCUT2D eigenvalue weighted by Crippen LogP contribution is -2.52. The maximum Gasteiger partial charge on any atom is 0.261 e. The average molecular weight is 584 g/mol. The topological polar surface area (TPSA) is 58.6 Å². The minimum atomic E-state index is -0.634. The third kappa shape index (κ3) is 7.61. The van der Waals surface area contributed by atoms with Gasteiger partial charge in [0, 0.05) is 22.6 Å². The van der Waals surface area contributed by atoms with Crippen LogP contribution in [0.25, 0.3) is 0 Å². The van der Waals surface area contributed by atoms with Gasteiger partial charge in [-0.2, -0.15) is 0 Å². The molecule has 1 saturated carbocycles. The van der Waals surface area contributed by atoms with Crippen molar-refractivity contribution in [2.24, 2.45) is 0 Å². The van der Waals surface area contributed by atoms with E-state index in [9.17, 15) is 9.59 Å². The van der Waals surface area contributed by atoms with Crippen molar-refractivity contribution in [2.75, 3.05) is 6.61 Å². The van der Waals surface area contributed by atoms with Crippen molar-refractivity contribution in [3.63, 3.8) is 0 Å². The molecular weight excluding hydrogens is 551 g/mol. The Morgan fingerprint density at radius 1 is 1.14 bits per heavy atom. The number of nitrogens with one attached hydrogen (secondary N) is 1. The molecule has 8 heteroatoms. The Labute approximate surface area is 226 Å². The molecule has 1 atom stereocenters. The van der Waals surface area contributed by atoms with Crippen molar-refractivity contribution in [2.45, 2.75) is 77.4 Å². The molecule has 1 N–H and O–H groups in total. The molecule has 0 spiro atoms. The Kier molecular flexibility index (Phi) is 10.3. The Bertz CT molecular complexity index is 1040.